The summed E-state index contributed by atoms with van der Waals surface area (Å²) in [6.07, 6.45) is 0.0574. The van der Waals surface area contributed by atoms with Crippen LogP contribution in [0.3, 0.4) is 0 Å². The van der Waals surface area contributed by atoms with Crippen molar-refractivity contribution in [2.45, 2.75) is 43.9 Å². The predicted molar refractivity (Wildman–Crippen MR) is 88.8 cm³/mol. The van der Waals surface area contributed by atoms with Crippen LogP contribution in [0.5, 0.6) is 0 Å². The zero-order valence-electron chi connectivity index (χ0n) is 14.9. The van der Waals surface area contributed by atoms with Crippen molar-refractivity contribution in [2.75, 3.05) is 20.7 Å². The molecule has 10 heteroatoms. The normalized spacial score (nSPS) is 13.7. The van der Waals surface area contributed by atoms with Crippen LogP contribution >= 0.6 is 0 Å². The van der Waals surface area contributed by atoms with Crippen LogP contribution < -0.4 is 5.32 Å². The molecular weight excluding hydrogens is 352 g/mol. The lowest BCUT2D eigenvalue weighted by Gasteiger charge is -2.21. The Hall–Kier alpha value is -1.91. The maximum Gasteiger partial charge on any atom is 0.326 e. The van der Waals surface area contributed by atoms with E-state index >= 15 is 0 Å². The van der Waals surface area contributed by atoms with Crippen molar-refractivity contribution < 1.29 is 32.3 Å². The molecule has 2 N–H and O–H groups in total. The minimum Gasteiger partial charge on any atom is -0.480 e. The van der Waals surface area contributed by atoms with E-state index in [1.54, 1.807) is 0 Å². The topological polar surface area (TPSA) is 126 Å². The third-order valence-corrected chi connectivity index (χ3v) is 4.77. The number of carboxylic acids is 1. The van der Waals surface area contributed by atoms with E-state index in [2.05, 4.69) is 5.32 Å². The Labute approximate surface area is 147 Å². The molecule has 0 aliphatic carbocycles. The van der Waals surface area contributed by atoms with Crippen molar-refractivity contribution in [3.63, 3.8) is 0 Å². The number of rotatable bonds is 8. The largest absolute Gasteiger partial charge is 0.480 e. The number of amides is 1. The Bertz CT molecular complexity index is 716. The zero-order valence-corrected chi connectivity index (χ0v) is 15.7. The summed E-state index contributed by atoms with van der Waals surface area (Å²) in [6.45, 7) is 5.63. The first-order valence-corrected chi connectivity index (χ1v) is 8.98. The van der Waals surface area contributed by atoms with Gasteiger partial charge in [0.1, 0.15) is 6.04 Å². The van der Waals surface area contributed by atoms with Gasteiger partial charge in [-0.2, -0.15) is 0 Å². The molecule has 0 aromatic carbocycles. The molecular formula is C15H24N2O7S. The average Bonchev–Trinajstić information content (AvgIpc) is 2.94. The lowest BCUT2D eigenvalue weighted by Crippen LogP contribution is -2.41. The Morgan fingerprint density at radius 1 is 1.32 bits per heavy atom. The van der Waals surface area contributed by atoms with Gasteiger partial charge >= 0.3 is 5.97 Å². The van der Waals surface area contributed by atoms with Gasteiger partial charge in [-0.25, -0.2) is 17.5 Å². The quantitative estimate of drug-likeness (QED) is 0.691. The third kappa shape index (κ3) is 6.15. The highest BCUT2D eigenvalue weighted by Crippen LogP contribution is 2.17. The smallest absolute Gasteiger partial charge is 0.326 e. The molecule has 0 saturated heterocycles. The van der Waals surface area contributed by atoms with Crippen LogP contribution in [0, 0.1) is 0 Å². The van der Waals surface area contributed by atoms with Crippen LogP contribution in [0.15, 0.2) is 21.6 Å². The summed E-state index contributed by atoms with van der Waals surface area (Å²) in [6, 6.07) is 1.13. The molecule has 0 spiro atoms. The first kappa shape index (κ1) is 21.1. The SMILES string of the molecule is CN(C)S(=O)(=O)c1ccc(C(=O)NC(CCOC(C)(C)C)C(=O)O)o1. The third-order valence-electron chi connectivity index (χ3n) is 3.09. The number of hydrogen-bond donors (Lipinski definition) is 2. The summed E-state index contributed by atoms with van der Waals surface area (Å²) in [5.74, 6) is -2.33. The number of carboxylic acid groups (broad SMARTS) is 1. The Morgan fingerprint density at radius 3 is 2.40 bits per heavy atom. The molecule has 0 radical (unpaired) electrons. The second-order valence-electron chi connectivity index (χ2n) is 6.52. The van der Waals surface area contributed by atoms with E-state index in [-0.39, 0.29) is 18.8 Å². The van der Waals surface area contributed by atoms with Crippen LogP contribution in [0.1, 0.15) is 37.7 Å². The molecule has 25 heavy (non-hydrogen) atoms. The van der Waals surface area contributed by atoms with Crippen molar-refractivity contribution in [3.05, 3.63) is 17.9 Å². The Morgan fingerprint density at radius 2 is 1.92 bits per heavy atom. The van der Waals surface area contributed by atoms with Crippen molar-refractivity contribution in [3.8, 4) is 0 Å². The van der Waals surface area contributed by atoms with E-state index < -0.39 is 38.6 Å². The van der Waals surface area contributed by atoms with Gasteiger partial charge in [0.2, 0.25) is 5.09 Å². The molecule has 1 atom stereocenters. The number of nitrogens with zero attached hydrogens (tertiary/aromatic N) is 1. The van der Waals surface area contributed by atoms with E-state index in [4.69, 9.17) is 9.15 Å². The molecule has 0 fully saturated rings. The fraction of sp³-hybridized carbons (Fsp3) is 0.600. The van der Waals surface area contributed by atoms with Crippen LogP contribution in [-0.4, -0.2) is 62.1 Å². The number of carbonyl (C=O) groups excluding carboxylic acids is 1. The lowest BCUT2D eigenvalue weighted by molar-refractivity contribution is -0.140. The van der Waals surface area contributed by atoms with E-state index in [0.29, 0.717) is 0 Å². The van der Waals surface area contributed by atoms with Gasteiger partial charge in [0.25, 0.3) is 15.9 Å². The average molecular weight is 376 g/mol. The van der Waals surface area contributed by atoms with E-state index in [0.717, 1.165) is 10.4 Å². The van der Waals surface area contributed by atoms with Crippen molar-refractivity contribution >= 4 is 21.9 Å². The number of ether oxygens (including phenoxy) is 1. The number of sulfonamides is 1. The van der Waals surface area contributed by atoms with Gasteiger partial charge in [0.05, 0.1) is 5.60 Å². The highest BCUT2D eigenvalue weighted by atomic mass is 32.2. The summed E-state index contributed by atoms with van der Waals surface area (Å²) < 4.78 is 35.3. The number of furan rings is 1. The molecule has 1 rings (SSSR count). The number of carbonyl (C=O) groups is 2. The van der Waals surface area contributed by atoms with Gasteiger partial charge in [0.15, 0.2) is 5.76 Å². The second-order valence-corrected chi connectivity index (χ2v) is 8.60. The van der Waals surface area contributed by atoms with Crippen LogP contribution in [0.4, 0.5) is 0 Å². The Balaban J connectivity index is 2.79. The summed E-state index contributed by atoms with van der Waals surface area (Å²) in [5, 5.41) is 11.1. The predicted octanol–water partition coefficient (Wildman–Crippen LogP) is 0.918. The zero-order chi connectivity index (χ0) is 19.4. The minimum atomic E-state index is -3.81. The summed E-state index contributed by atoms with van der Waals surface area (Å²) >= 11 is 0. The highest BCUT2D eigenvalue weighted by Gasteiger charge is 2.26. The fourth-order valence-electron chi connectivity index (χ4n) is 1.73. The molecule has 1 heterocycles. The molecule has 1 amide bonds. The highest BCUT2D eigenvalue weighted by molar-refractivity contribution is 7.88. The standard InChI is InChI=1S/C15H24N2O7S/c1-15(2,3)23-9-8-10(14(19)20)16-13(18)11-6-7-12(24-11)25(21,22)17(4)5/h6-7,10H,8-9H2,1-5H3,(H,16,18)(H,19,20). The molecule has 0 bridgehead atoms. The molecule has 0 aliphatic heterocycles. The maximum atomic E-state index is 12.1. The monoisotopic (exact) mass is 376 g/mol. The van der Waals surface area contributed by atoms with Gasteiger partial charge < -0.3 is 19.6 Å². The molecule has 1 aromatic rings. The first-order valence-electron chi connectivity index (χ1n) is 7.54. The minimum absolute atomic E-state index is 0.0574. The first-order chi connectivity index (χ1) is 11.3. The molecule has 1 unspecified atom stereocenters. The van der Waals surface area contributed by atoms with Crippen molar-refractivity contribution in [2.24, 2.45) is 0 Å². The number of hydrogen-bond acceptors (Lipinski definition) is 6. The summed E-state index contributed by atoms with van der Waals surface area (Å²) in [7, 11) is -1.16. The van der Waals surface area contributed by atoms with Crippen LogP contribution in [-0.2, 0) is 19.6 Å². The van der Waals surface area contributed by atoms with E-state index in [1.165, 1.54) is 20.2 Å². The van der Waals surface area contributed by atoms with Gasteiger partial charge in [-0.05, 0) is 32.9 Å². The van der Waals surface area contributed by atoms with Crippen molar-refractivity contribution in [1.82, 2.24) is 9.62 Å². The van der Waals surface area contributed by atoms with E-state index in [1.807, 2.05) is 20.8 Å². The van der Waals surface area contributed by atoms with Crippen LogP contribution in [0.2, 0.25) is 0 Å². The summed E-state index contributed by atoms with van der Waals surface area (Å²) in [5.41, 5.74) is -0.427. The number of nitrogens with one attached hydrogen (secondary N) is 1. The van der Waals surface area contributed by atoms with Crippen molar-refractivity contribution in [1.29, 1.82) is 0 Å². The van der Waals surface area contributed by atoms with E-state index in [9.17, 15) is 23.1 Å². The molecule has 1 aromatic heterocycles. The summed E-state index contributed by atoms with van der Waals surface area (Å²) in [4.78, 5) is 23.4. The number of aliphatic carboxylic acids is 1. The van der Waals surface area contributed by atoms with Gasteiger partial charge in [-0.15, -0.1) is 0 Å². The lowest BCUT2D eigenvalue weighted by atomic mass is 10.1. The molecule has 0 aliphatic rings. The molecule has 9 nitrogen and oxygen atoms in total. The second kappa shape index (κ2) is 7.98. The fourth-order valence-corrected chi connectivity index (χ4v) is 2.53. The van der Waals surface area contributed by atoms with Gasteiger partial charge in [-0.1, -0.05) is 0 Å². The Kier molecular flexibility index (Phi) is 6.75. The van der Waals surface area contributed by atoms with Gasteiger partial charge in [0, 0.05) is 27.1 Å². The molecule has 0 saturated carbocycles. The maximum absolute atomic E-state index is 12.1. The molecule has 142 valence electrons. The van der Waals surface area contributed by atoms with Gasteiger partial charge in [-0.3, -0.25) is 4.79 Å². The van der Waals surface area contributed by atoms with Crippen LogP contribution in [0.25, 0.3) is 0 Å².